The van der Waals surface area contributed by atoms with Crippen molar-refractivity contribution in [3.8, 4) is 5.75 Å². The molecule has 0 aliphatic carbocycles. The number of ether oxygens (including phenoxy) is 1. The van der Waals surface area contributed by atoms with Crippen LogP contribution < -0.4 is 20.7 Å². The number of benzene rings is 1. The van der Waals surface area contributed by atoms with Crippen molar-refractivity contribution in [2.75, 3.05) is 29.9 Å². The first kappa shape index (κ1) is 13.4. The van der Waals surface area contributed by atoms with Gasteiger partial charge in [0.25, 0.3) is 5.91 Å². The average molecular weight is 263 g/mol. The number of amides is 1. The fourth-order valence-electron chi connectivity index (χ4n) is 2.29. The first-order valence-electron chi connectivity index (χ1n) is 6.08. The minimum atomic E-state index is -0.104. The molecule has 102 valence electrons. The molecule has 3 N–H and O–H groups in total. The van der Waals surface area contributed by atoms with Crippen molar-refractivity contribution in [1.29, 1.82) is 0 Å². The van der Waals surface area contributed by atoms with Gasteiger partial charge in [0, 0.05) is 24.8 Å². The number of fused-ring (bicyclic) bond motifs is 1. The van der Waals surface area contributed by atoms with E-state index in [0.29, 0.717) is 0 Å². The summed E-state index contributed by atoms with van der Waals surface area (Å²) in [4.78, 5) is 21.5. The van der Waals surface area contributed by atoms with Crippen LogP contribution in [0.5, 0.6) is 5.75 Å². The van der Waals surface area contributed by atoms with Gasteiger partial charge in [-0.2, -0.15) is 0 Å². The summed E-state index contributed by atoms with van der Waals surface area (Å²) in [5.74, 6) is 0.629. The van der Waals surface area contributed by atoms with Crippen LogP contribution in [0.15, 0.2) is 18.2 Å². The minimum absolute atomic E-state index is 0.0981. The predicted molar refractivity (Wildman–Crippen MR) is 72.5 cm³/mol. The third kappa shape index (κ3) is 2.85. The Kier molecular flexibility index (Phi) is 4.01. The summed E-state index contributed by atoms with van der Waals surface area (Å²) in [7, 11) is 0. The highest BCUT2D eigenvalue weighted by Crippen LogP contribution is 2.32. The Morgan fingerprint density at radius 2 is 2.21 bits per heavy atom. The van der Waals surface area contributed by atoms with Crippen molar-refractivity contribution < 1.29 is 14.3 Å². The number of anilines is 2. The number of hydrogen-bond acceptors (Lipinski definition) is 5. The van der Waals surface area contributed by atoms with Gasteiger partial charge in [-0.25, -0.2) is 0 Å². The maximum Gasteiger partial charge on any atom is 0.262 e. The van der Waals surface area contributed by atoms with E-state index in [-0.39, 0.29) is 18.6 Å². The van der Waals surface area contributed by atoms with Gasteiger partial charge in [0.15, 0.2) is 6.61 Å². The Bertz CT molecular complexity index is 478. The van der Waals surface area contributed by atoms with Gasteiger partial charge in [0.2, 0.25) is 0 Å². The second-order valence-corrected chi connectivity index (χ2v) is 4.51. The zero-order valence-corrected chi connectivity index (χ0v) is 10.6. The first-order valence-corrected chi connectivity index (χ1v) is 6.08. The summed E-state index contributed by atoms with van der Waals surface area (Å²) >= 11 is 0. The van der Waals surface area contributed by atoms with Gasteiger partial charge < -0.3 is 25.5 Å². The fourth-order valence-corrected chi connectivity index (χ4v) is 2.29. The smallest absolute Gasteiger partial charge is 0.262 e. The first-order chi connectivity index (χ1) is 9.22. The highest BCUT2D eigenvalue weighted by molar-refractivity contribution is 5.96. The molecule has 2 aliphatic heterocycles. The Labute approximate surface area is 111 Å². The van der Waals surface area contributed by atoms with Crippen molar-refractivity contribution in [3.05, 3.63) is 18.2 Å². The largest absolute Gasteiger partial charge is 0.482 e. The molecule has 1 unspecified atom stereocenters. The summed E-state index contributed by atoms with van der Waals surface area (Å²) in [6, 6.07) is 6.10. The molecule has 1 atom stereocenters. The minimum Gasteiger partial charge on any atom is -0.482 e. The van der Waals surface area contributed by atoms with Crippen LogP contribution in [-0.2, 0) is 9.59 Å². The molecule has 6 nitrogen and oxygen atoms in total. The van der Waals surface area contributed by atoms with Crippen LogP contribution in [0.1, 0.15) is 6.42 Å². The van der Waals surface area contributed by atoms with E-state index in [1.807, 2.05) is 25.0 Å². The molecule has 0 bridgehead atoms. The molecular formula is C13H17N3O3. The molecule has 0 aromatic heterocycles. The maximum absolute atomic E-state index is 11.2. The molecule has 1 fully saturated rings. The van der Waals surface area contributed by atoms with Gasteiger partial charge in [-0.1, -0.05) is 0 Å². The normalized spacial score (nSPS) is 20.8. The lowest BCUT2D eigenvalue weighted by Gasteiger charge is -2.22. The van der Waals surface area contributed by atoms with Gasteiger partial charge >= 0.3 is 0 Å². The number of nitrogens with zero attached hydrogens (tertiary/aromatic N) is 1. The van der Waals surface area contributed by atoms with Crippen molar-refractivity contribution >= 4 is 24.1 Å². The summed E-state index contributed by atoms with van der Waals surface area (Å²) in [6.45, 7) is 3.93. The topological polar surface area (TPSA) is 84.7 Å². The molecule has 3 rings (SSSR count). The van der Waals surface area contributed by atoms with Crippen LogP contribution in [0.4, 0.5) is 11.4 Å². The number of hydrogen-bond donors (Lipinski definition) is 2. The van der Waals surface area contributed by atoms with Crippen LogP contribution in [-0.4, -0.2) is 38.4 Å². The van der Waals surface area contributed by atoms with E-state index in [2.05, 4.69) is 10.2 Å². The number of carbonyl (C=O) groups is 2. The monoisotopic (exact) mass is 263 g/mol. The number of nitrogens with two attached hydrogens (primary N) is 1. The Morgan fingerprint density at radius 3 is 2.89 bits per heavy atom. The molecule has 1 aromatic carbocycles. The second-order valence-electron chi connectivity index (χ2n) is 4.51. The van der Waals surface area contributed by atoms with Gasteiger partial charge in [-0.3, -0.25) is 4.79 Å². The summed E-state index contributed by atoms with van der Waals surface area (Å²) in [5.41, 5.74) is 7.72. The van der Waals surface area contributed by atoms with Gasteiger partial charge in [0.1, 0.15) is 12.5 Å². The lowest BCUT2D eigenvalue weighted by atomic mass is 10.2. The second kappa shape index (κ2) is 5.71. The third-order valence-electron chi connectivity index (χ3n) is 3.19. The van der Waals surface area contributed by atoms with Crippen LogP contribution in [0, 0.1) is 0 Å². The third-order valence-corrected chi connectivity index (χ3v) is 3.19. The highest BCUT2D eigenvalue weighted by atomic mass is 16.5. The summed E-state index contributed by atoms with van der Waals surface area (Å²) in [5, 5.41) is 2.81. The van der Waals surface area contributed by atoms with E-state index in [9.17, 15) is 4.79 Å². The molecule has 19 heavy (non-hydrogen) atoms. The zero-order valence-electron chi connectivity index (χ0n) is 10.6. The highest BCUT2D eigenvalue weighted by Gasteiger charge is 2.22. The molecule has 1 aromatic rings. The van der Waals surface area contributed by atoms with Crippen molar-refractivity contribution in [2.24, 2.45) is 5.73 Å². The molecule has 2 heterocycles. The number of carbonyl (C=O) groups excluding carboxylic acids is 2. The Morgan fingerprint density at radius 1 is 1.42 bits per heavy atom. The van der Waals surface area contributed by atoms with E-state index < -0.39 is 0 Å². The lowest BCUT2D eigenvalue weighted by Crippen LogP contribution is -2.27. The Hall–Kier alpha value is -2.08. The van der Waals surface area contributed by atoms with E-state index >= 15 is 0 Å². The summed E-state index contributed by atoms with van der Waals surface area (Å²) < 4.78 is 5.32. The van der Waals surface area contributed by atoms with Gasteiger partial charge in [-0.05, 0) is 24.6 Å². The molecule has 6 heteroatoms. The van der Waals surface area contributed by atoms with Crippen LogP contribution >= 0.6 is 0 Å². The molecule has 0 radical (unpaired) electrons. The number of nitrogens with one attached hydrogen (secondary N) is 1. The molecule has 2 aliphatic rings. The molecule has 1 amide bonds. The van der Waals surface area contributed by atoms with Crippen LogP contribution in [0.25, 0.3) is 0 Å². The van der Waals surface area contributed by atoms with Crippen molar-refractivity contribution in [1.82, 2.24) is 0 Å². The standard InChI is InChI=1S/C12H15N3O2.CH2O/c13-8-3-4-15(6-8)9-1-2-11-10(5-9)14-12(16)7-17-11;1-2/h1-2,5,8H,3-4,6-7,13H2,(H,14,16);1H2. The summed E-state index contributed by atoms with van der Waals surface area (Å²) in [6.07, 6.45) is 1.01. The SMILES string of the molecule is C=O.NC1CCN(c2ccc3c(c2)NC(=O)CO3)C1. The quantitative estimate of drug-likeness (QED) is 0.764. The maximum atomic E-state index is 11.2. The fraction of sp³-hybridized carbons (Fsp3) is 0.385. The van der Waals surface area contributed by atoms with Crippen LogP contribution in [0.3, 0.4) is 0 Å². The number of rotatable bonds is 1. The average Bonchev–Trinajstić information content (AvgIpc) is 2.87. The van der Waals surface area contributed by atoms with E-state index in [0.717, 1.165) is 36.6 Å². The van der Waals surface area contributed by atoms with E-state index in [1.165, 1.54) is 0 Å². The molecule has 0 spiro atoms. The van der Waals surface area contributed by atoms with E-state index in [4.69, 9.17) is 15.3 Å². The van der Waals surface area contributed by atoms with Crippen molar-refractivity contribution in [3.63, 3.8) is 0 Å². The predicted octanol–water partition coefficient (Wildman–Crippen LogP) is 0.370. The Balaban J connectivity index is 0.000000637. The molecular weight excluding hydrogens is 246 g/mol. The van der Waals surface area contributed by atoms with Gasteiger partial charge in [0.05, 0.1) is 5.69 Å². The van der Waals surface area contributed by atoms with Gasteiger partial charge in [-0.15, -0.1) is 0 Å². The van der Waals surface area contributed by atoms with Crippen LogP contribution in [0.2, 0.25) is 0 Å². The molecule has 0 saturated carbocycles. The lowest BCUT2D eigenvalue weighted by molar-refractivity contribution is -0.118. The van der Waals surface area contributed by atoms with Crippen molar-refractivity contribution in [2.45, 2.75) is 12.5 Å². The van der Waals surface area contributed by atoms with E-state index in [1.54, 1.807) is 0 Å². The zero-order chi connectivity index (χ0) is 13.8. The molecule has 1 saturated heterocycles.